The maximum Gasteiger partial charge on any atom is 0.348 e. The number of nitrogens with zero attached hydrogens (tertiary/aromatic N) is 3. The van der Waals surface area contributed by atoms with E-state index in [0.29, 0.717) is 10.6 Å². The van der Waals surface area contributed by atoms with Gasteiger partial charge in [-0.2, -0.15) is 0 Å². The summed E-state index contributed by atoms with van der Waals surface area (Å²) in [4.78, 5) is 12.7. The van der Waals surface area contributed by atoms with Crippen molar-refractivity contribution in [1.29, 1.82) is 0 Å². The summed E-state index contributed by atoms with van der Waals surface area (Å²) < 4.78 is 0. The van der Waals surface area contributed by atoms with Crippen molar-refractivity contribution in [2.75, 3.05) is 14.1 Å². The summed E-state index contributed by atoms with van der Waals surface area (Å²) in [6.45, 7) is 0. The number of hydrogen-bond acceptors (Lipinski definition) is 4. The van der Waals surface area contributed by atoms with Gasteiger partial charge in [0.2, 0.25) is 0 Å². The molecule has 1 aliphatic carbocycles. The van der Waals surface area contributed by atoms with Crippen molar-refractivity contribution >= 4 is 23.0 Å². The lowest BCUT2D eigenvalue weighted by molar-refractivity contribution is 0.0703. The van der Waals surface area contributed by atoms with Crippen molar-refractivity contribution in [1.82, 2.24) is 5.01 Å². The van der Waals surface area contributed by atoms with Crippen molar-refractivity contribution in [2.45, 2.75) is 25.7 Å². The molecule has 92 valence electrons. The zero-order chi connectivity index (χ0) is 12.4. The predicted octanol–water partition coefficient (Wildman–Crippen LogP) is 2.89. The molecule has 0 unspecified atom stereocenters. The van der Waals surface area contributed by atoms with Gasteiger partial charge in [0, 0.05) is 19.0 Å². The van der Waals surface area contributed by atoms with E-state index in [2.05, 4.69) is 10.3 Å². The van der Waals surface area contributed by atoms with Crippen LogP contribution in [-0.4, -0.2) is 30.2 Å². The highest BCUT2D eigenvalue weighted by atomic mass is 32.1. The third kappa shape index (κ3) is 2.46. The van der Waals surface area contributed by atoms with Crippen LogP contribution in [0, 0.1) is 0 Å². The summed E-state index contributed by atoms with van der Waals surface area (Å²) in [6, 6.07) is 0. The van der Waals surface area contributed by atoms with E-state index in [4.69, 9.17) is 0 Å². The minimum Gasteiger partial charge on any atom is -0.477 e. The molecule has 0 fully saturated rings. The van der Waals surface area contributed by atoms with Crippen molar-refractivity contribution in [3.05, 3.63) is 15.3 Å². The molecule has 1 aliphatic rings. The third-order valence-electron chi connectivity index (χ3n) is 2.66. The van der Waals surface area contributed by atoms with E-state index in [1.807, 2.05) is 0 Å². The smallest absolute Gasteiger partial charge is 0.348 e. The largest absolute Gasteiger partial charge is 0.477 e. The number of carboxylic acids is 1. The van der Waals surface area contributed by atoms with Gasteiger partial charge in [0.15, 0.2) is 0 Å². The molecular formula is C11H15N3O2S. The first-order valence-corrected chi connectivity index (χ1v) is 6.38. The van der Waals surface area contributed by atoms with Crippen LogP contribution < -0.4 is 0 Å². The first-order chi connectivity index (χ1) is 8.09. The van der Waals surface area contributed by atoms with Crippen LogP contribution in [0.15, 0.2) is 10.3 Å². The van der Waals surface area contributed by atoms with Gasteiger partial charge in [-0.25, -0.2) is 4.79 Å². The Morgan fingerprint density at radius 3 is 2.71 bits per heavy atom. The Morgan fingerprint density at radius 2 is 2.06 bits per heavy atom. The Balaban J connectivity index is 2.45. The Hall–Kier alpha value is -1.43. The second kappa shape index (κ2) is 4.83. The molecule has 0 radical (unpaired) electrons. The number of carboxylic acid groups (broad SMARTS) is 1. The molecule has 0 saturated carbocycles. The van der Waals surface area contributed by atoms with Crippen LogP contribution in [0.2, 0.25) is 0 Å². The Morgan fingerprint density at radius 1 is 1.35 bits per heavy atom. The Labute approximate surface area is 104 Å². The maximum atomic E-state index is 11.2. The van der Waals surface area contributed by atoms with Gasteiger partial charge < -0.3 is 5.11 Å². The minimum absolute atomic E-state index is 0.322. The van der Waals surface area contributed by atoms with E-state index in [1.54, 1.807) is 19.1 Å². The van der Waals surface area contributed by atoms with Crippen LogP contribution in [-0.2, 0) is 12.8 Å². The highest BCUT2D eigenvalue weighted by molar-refractivity contribution is 7.14. The zero-order valence-corrected chi connectivity index (χ0v) is 10.8. The molecule has 2 rings (SSSR count). The SMILES string of the molecule is CN(C)N=Nc1c(C(=O)O)sc2c1CCCC2. The molecule has 0 aliphatic heterocycles. The Bertz CT molecular complexity index is 466. The van der Waals surface area contributed by atoms with Crippen LogP contribution >= 0.6 is 11.3 Å². The van der Waals surface area contributed by atoms with Gasteiger partial charge in [0.05, 0.1) is 0 Å². The molecule has 5 nitrogen and oxygen atoms in total. The molecule has 17 heavy (non-hydrogen) atoms. The second-order valence-corrected chi connectivity index (χ2v) is 5.34. The summed E-state index contributed by atoms with van der Waals surface area (Å²) in [5.41, 5.74) is 1.65. The molecule has 1 N–H and O–H groups in total. The monoisotopic (exact) mass is 253 g/mol. The lowest BCUT2D eigenvalue weighted by Gasteiger charge is -2.10. The summed E-state index contributed by atoms with van der Waals surface area (Å²) in [5.74, 6) is -0.905. The van der Waals surface area contributed by atoms with Gasteiger partial charge in [-0.1, -0.05) is 5.22 Å². The third-order valence-corrected chi connectivity index (χ3v) is 3.93. The number of aryl methyl sites for hydroxylation is 1. The highest BCUT2D eigenvalue weighted by Gasteiger charge is 2.24. The lowest BCUT2D eigenvalue weighted by Crippen LogP contribution is -2.01. The average molecular weight is 253 g/mol. The van der Waals surface area contributed by atoms with Crippen molar-refractivity contribution in [2.24, 2.45) is 10.3 Å². The minimum atomic E-state index is -0.905. The summed E-state index contributed by atoms with van der Waals surface area (Å²) in [7, 11) is 3.53. The maximum absolute atomic E-state index is 11.2. The zero-order valence-electron chi connectivity index (χ0n) is 9.93. The molecule has 6 heteroatoms. The van der Waals surface area contributed by atoms with Crippen LogP contribution in [0.5, 0.6) is 0 Å². The summed E-state index contributed by atoms with van der Waals surface area (Å²) in [5, 5.41) is 18.7. The van der Waals surface area contributed by atoms with Crippen molar-refractivity contribution in [3.63, 3.8) is 0 Å². The highest BCUT2D eigenvalue weighted by Crippen LogP contribution is 2.40. The molecule has 1 aromatic rings. The molecule has 1 heterocycles. The second-order valence-electron chi connectivity index (χ2n) is 4.23. The van der Waals surface area contributed by atoms with Crippen LogP contribution in [0.25, 0.3) is 0 Å². The molecular weight excluding hydrogens is 238 g/mol. The number of thiophene rings is 1. The Kier molecular flexibility index (Phi) is 3.42. The molecule has 0 amide bonds. The lowest BCUT2D eigenvalue weighted by atomic mass is 9.98. The van der Waals surface area contributed by atoms with E-state index in [1.165, 1.54) is 16.2 Å². The number of rotatable bonds is 3. The van der Waals surface area contributed by atoms with E-state index in [-0.39, 0.29) is 0 Å². The van der Waals surface area contributed by atoms with E-state index < -0.39 is 5.97 Å². The number of fused-ring (bicyclic) bond motifs is 1. The van der Waals surface area contributed by atoms with Crippen LogP contribution in [0.1, 0.15) is 33.0 Å². The fourth-order valence-corrected chi connectivity index (χ4v) is 3.10. The fourth-order valence-electron chi connectivity index (χ4n) is 1.93. The molecule has 0 atom stereocenters. The van der Waals surface area contributed by atoms with E-state index in [0.717, 1.165) is 31.2 Å². The fraction of sp³-hybridized carbons (Fsp3) is 0.545. The molecule has 0 saturated heterocycles. The molecule has 1 aromatic heterocycles. The number of hydrogen-bond donors (Lipinski definition) is 1. The van der Waals surface area contributed by atoms with E-state index in [9.17, 15) is 9.90 Å². The summed E-state index contributed by atoms with van der Waals surface area (Å²) in [6.07, 6.45) is 4.13. The first kappa shape index (κ1) is 12.0. The quantitative estimate of drug-likeness (QED) is 0.665. The molecule has 0 spiro atoms. The molecule has 0 aromatic carbocycles. The van der Waals surface area contributed by atoms with Gasteiger partial charge >= 0.3 is 5.97 Å². The predicted molar refractivity (Wildman–Crippen MR) is 66.1 cm³/mol. The number of carbonyl (C=O) groups is 1. The topological polar surface area (TPSA) is 65.3 Å². The van der Waals surface area contributed by atoms with Crippen LogP contribution in [0.4, 0.5) is 5.69 Å². The van der Waals surface area contributed by atoms with Gasteiger partial charge in [-0.3, -0.25) is 5.01 Å². The normalized spacial score (nSPS) is 14.9. The van der Waals surface area contributed by atoms with Crippen molar-refractivity contribution in [3.8, 4) is 0 Å². The number of aromatic carboxylic acids is 1. The summed E-state index contributed by atoms with van der Waals surface area (Å²) >= 11 is 1.35. The molecule has 0 bridgehead atoms. The van der Waals surface area contributed by atoms with Crippen molar-refractivity contribution < 1.29 is 9.90 Å². The van der Waals surface area contributed by atoms with Gasteiger partial charge in [-0.05, 0) is 31.2 Å². The standard InChI is InChI=1S/C11H15N3O2S/c1-14(2)13-12-9-7-5-3-4-6-8(7)17-10(9)11(15)16/h3-6H2,1-2H3,(H,15,16). The van der Waals surface area contributed by atoms with Crippen LogP contribution in [0.3, 0.4) is 0 Å². The van der Waals surface area contributed by atoms with Gasteiger partial charge in [0.1, 0.15) is 10.6 Å². The van der Waals surface area contributed by atoms with Gasteiger partial charge in [-0.15, -0.1) is 16.5 Å². The van der Waals surface area contributed by atoms with Gasteiger partial charge in [0.25, 0.3) is 0 Å². The first-order valence-electron chi connectivity index (χ1n) is 5.56. The average Bonchev–Trinajstić information content (AvgIpc) is 2.65. The van der Waals surface area contributed by atoms with E-state index >= 15 is 0 Å².